The van der Waals surface area contributed by atoms with Gasteiger partial charge in [-0.05, 0) is 36.3 Å². The van der Waals surface area contributed by atoms with E-state index < -0.39 is 0 Å². The molecular formula is C18H22N2OS. The smallest absolute Gasteiger partial charge is 0.224 e. The third-order valence-electron chi connectivity index (χ3n) is 3.29. The van der Waals surface area contributed by atoms with E-state index in [4.69, 9.17) is 5.73 Å². The first kappa shape index (κ1) is 16.4. The molecule has 0 spiro atoms. The summed E-state index contributed by atoms with van der Waals surface area (Å²) in [6, 6.07) is 17.8. The molecule has 1 amide bonds. The fraction of sp³-hybridized carbons (Fsp3) is 0.278. The summed E-state index contributed by atoms with van der Waals surface area (Å²) in [6.45, 7) is 0. The van der Waals surface area contributed by atoms with E-state index in [1.165, 1.54) is 5.56 Å². The second kappa shape index (κ2) is 9.15. The molecule has 0 heterocycles. The van der Waals surface area contributed by atoms with Crippen molar-refractivity contribution in [1.82, 2.24) is 0 Å². The number of hydrogen-bond acceptors (Lipinski definition) is 3. The van der Waals surface area contributed by atoms with E-state index in [0.717, 1.165) is 24.3 Å². The molecule has 2 aromatic rings. The number of rotatable bonds is 8. The Labute approximate surface area is 136 Å². The van der Waals surface area contributed by atoms with Gasteiger partial charge >= 0.3 is 0 Å². The maximum Gasteiger partial charge on any atom is 0.224 e. The molecule has 0 saturated heterocycles. The lowest BCUT2D eigenvalue weighted by Gasteiger charge is -2.07. The summed E-state index contributed by atoms with van der Waals surface area (Å²) >= 11 is 1.91. The van der Waals surface area contributed by atoms with E-state index in [2.05, 4.69) is 29.6 Å². The number of thioether (sulfide) groups is 1. The van der Waals surface area contributed by atoms with Gasteiger partial charge in [0.25, 0.3) is 0 Å². The Bertz CT molecular complexity index is 587. The first-order valence-electron chi connectivity index (χ1n) is 7.52. The van der Waals surface area contributed by atoms with Gasteiger partial charge in [-0.25, -0.2) is 0 Å². The molecule has 2 rings (SSSR count). The Hall–Kier alpha value is -1.94. The van der Waals surface area contributed by atoms with Gasteiger partial charge in [0, 0.05) is 12.2 Å². The number of carbonyl (C=O) groups is 1. The van der Waals surface area contributed by atoms with Crippen LogP contribution in [0.3, 0.4) is 0 Å². The van der Waals surface area contributed by atoms with Crippen LogP contribution in [0.25, 0.3) is 0 Å². The van der Waals surface area contributed by atoms with Crippen molar-refractivity contribution in [2.45, 2.75) is 25.0 Å². The van der Waals surface area contributed by atoms with E-state index in [1.807, 2.05) is 36.0 Å². The number of nitrogen functional groups attached to an aromatic ring is 1. The van der Waals surface area contributed by atoms with E-state index in [0.29, 0.717) is 17.8 Å². The zero-order valence-electron chi connectivity index (χ0n) is 12.6. The van der Waals surface area contributed by atoms with Gasteiger partial charge in [0.1, 0.15) is 0 Å². The molecule has 0 aliphatic carbocycles. The average molecular weight is 314 g/mol. The summed E-state index contributed by atoms with van der Waals surface area (Å²) in [5.41, 5.74) is 8.46. The van der Waals surface area contributed by atoms with Crippen molar-refractivity contribution in [3.05, 3.63) is 60.2 Å². The first-order chi connectivity index (χ1) is 10.8. The number of para-hydroxylation sites is 2. The van der Waals surface area contributed by atoms with Gasteiger partial charge in [-0.15, -0.1) is 0 Å². The highest BCUT2D eigenvalue weighted by Crippen LogP contribution is 2.18. The van der Waals surface area contributed by atoms with Gasteiger partial charge in [-0.3, -0.25) is 4.79 Å². The Morgan fingerprint density at radius 2 is 1.73 bits per heavy atom. The molecule has 3 nitrogen and oxygen atoms in total. The summed E-state index contributed by atoms with van der Waals surface area (Å²) in [7, 11) is 0. The van der Waals surface area contributed by atoms with E-state index >= 15 is 0 Å². The standard InChI is InChI=1S/C18H22N2OS/c19-16-10-4-5-11-17(16)20-18(21)12-6-7-13-22-14-15-8-2-1-3-9-15/h1-5,8-11H,6-7,12-14,19H2,(H,20,21). The van der Waals surface area contributed by atoms with Crippen LogP contribution < -0.4 is 11.1 Å². The molecule has 4 heteroatoms. The van der Waals surface area contributed by atoms with Gasteiger partial charge in [-0.2, -0.15) is 11.8 Å². The van der Waals surface area contributed by atoms with Crippen molar-refractivity contribution in [3.63, 3.8) is 0 Å². The highest BCUT2D eigenvalue weighted by molar-refractivity contribution is 7.98. The van der Waals surface area contributed by atoms with Crippen LogP contribution in [0.2, 0.25) is 0 Å². The summed E-state index contributed by atoms with van der Waals surface area (Å²) in [5.74, 6) is 2.15. The number of unbranched alkanes of at least 4 members (excludes halogenated alkanes) is 1. The van der Waals surface area contributed by atoms with E-state index in [1.54, 1.807) is 6.07 Å². The zero-order valence-corrected chi connectivity index (χ0v) is 13.4. The van der Waals surface area contributed by atoms with Crippen molar-refractivity contribution in [2.75, 3.05) is 16.8 Å². The fourth-order valence-corrected chi connectivity index (χ4v) is 3.06. The van der Waals surface area contributed by atoms with Crippen molar-refractivity contribution in [1.29, 1.82) is 0 Å². The molecule has 0 aliphatic heterocycles. The second-order valence-corrected chi connectivity index (χ2v) is 6.24. The lowest BCUT2D eigenvalue weighted by atomic mass is 10.2. The molecule has 2 aromatic carbocycles. The summed E-state index contributed by atoms with van der Waals surface area (Å²) in [5, 5.41) is 2.86. The zero-order chi connectivity index (χ0) is 15.6. The van der Waals surface area contributed by atoms with E-state index in [9.17, 15) is 4.79 Å². The lowest BCUT2D eigenvalue weighted by Crippen LogP contribution is -2.12. The third kappa shape index (κ3) is 5.82. The summed E-state index contributed by atoms with van der Waals surface area (Å²) in [6.07, 6.45) is 2.50. The van der Waals surface area contributed by atoms with Crippen LogP contribution in [0.15, 0.2) is 54.6 Å². The molecule has 0 bridgehead atoms. The molecule has 0 atom stereocenters. The van der Waals surface area contributed by atoms with Gasteiger partial charge in [0.15, 0.2) is 0 Å². The average Bonchev–Trinajstić information content (AvgIpc) is 2.54. The van der Waals surface area contributed by atoms with Crippen molar-refractivity contribution < 1.29 is 4.79 Å². The molecule has 116 valence electrons. The molecule has 0 unspecified atom stereocenters. The molecule has 0 aromatic heterocycles. The predicted octanol–water partition coefficient (Wildman–Crippen LogP) is 4.31. The number of amides is 1. The first-order valence-corrected chi connectivity index (χ1v) is 8.67. The summed E-state index contributed by atoms with van der Waals surface area (Å²) in [4.78, 5) is 11.8. The van der Waals surface area contributed by atoms with Crippen LogP contribution in [0.4, 0.5) is 11.4 Å². The monoisotopic (exact) mass is 314 g/mol. The maximum atomic E-state index is 11.8. The fourth-order valence-electron chi connectivity index (χ4n) is 2.08. The Morgan fingerprint density at radius 1 is 1.00 bits per heavy atom. The number of carbonyl (C=O) groups excluding carboxylic acids is 1. The van der Waals surface area contributed by atoms with Crippen molar-refractivity contribution >= 4 is 29.0 Å². The van der Waals surface area contributed by atoms with Crippen LogP contribution in [0.1, 0.15) is 24.8 Å². The van der Waals surface area contributed by atoms with Gasteiger partial charge in [0.2, 0.25) is 5.91 Å². The molecule has 3 N–H and O–H groups in total. The second-order valence-electron chi connectivity index (χ2n) is 5.13. The highest BCUT2D eigenvalue weighted by Gasteiger charge is 2.04. The minimum Gasteiger partial charge on any atom is -0.397 e. The third-order valence-corrected chi connectivity index (χ3v) is 4.40. The number of nitrogens with one attached hydrogen (secondary N) is 1. The molecule has 0 radical (unpaired) electrons. The van der Waals surface area contributed by atoms with Crippen molar-refractivity contribution in [3.8, 4) is 0 Å². The topological polar surface area (TPSA) is 55.1 Å². The van der Waals surface area contributed by atoms with Crippen LogP contribution in [0.5, 0.6) is 0 Å². The number of hydrogen-bond donors (Lipinski definition) is 2. The van der Waals surface area contributed by atoms with Crippen LogP contribution >= 0.6 is 11.8 Å². The Morgan fingerprint density at radius 3 is 2.50 bits per heavy atom. The summed E-state index contributed by atoms with van der Waals surface area (Å²) < 4.78 is 0. The van der Waals surface area contributed by atoms with E-state index in [-0.39, 0.29) is 5.91 Å². The van der Waals surface area contributed by atoms with Crippen LogP contribution in [-0.2, 0) is 10.5 Å². The Balaban J connectivity index is 1.57. The SMILES string of the molecule is Nc1ccccc1NC(=O)CCCCSCc1ccccc1. The molecular weight excluding hydrogens is 292 g/mol. The lowest BCUT2D eigenvalue weighted by molar-refractivity contribution is -0.116. The minimum absolute atomic E-state index is 0.0333. The molecule has 0 fully saturated rings. The maximum absolute atomic E-state index is 11.8. The quantitative estimate of drug-likeness (QED) is 0.564. The van der Waals surface area contributed by atoms with Crippen molar-refractivity contribution in [2.24, 2.45) is 0 Å². The molecule has 0 saturated carbocycles. The number of anilines is 2. The Kier molecular flexibility index (Phi) is 6.84. The molecule has 0 aliphatic rings. The van der Waals surface area contributed by atoms with Gasteiger partial charge in [0.05, 0.1) is 11.4 Å². The van der Waals surface area contributed by atoms with Crippen LogP contribution in [-0.4, -0.2) is 11.7 Å². The predicted molar refractivity (Wildman–Crippen MR) is 95.9 cm³/mol. The largest absolute Gasteiger partial charge is 0.397 e. The van der Waals surface area contributed by atoms with Gasteiger partial charge < -0.3 is 11.1 Å². The van der Waals surface area contributed by atoms with Crippen LogP contribution in [0, 0.1) is 0 Å². The minimum atomic E-state index is 0.0333. The number of benzene rings is 2. The highest BCUT2D eigenvalue weighted by atomic mass is 32.2. The normalized spacial score (nSPS) is 10.4. The van der Waals surface area contributed by atoms with Gasteiger partial charge in [-0.1, -0.05) is 42.5 Å². The number of nitrogens with two attached hydrogens (primary N) is 1. The molecule has 22 heavy (non-hydrogen) atoms.